The predicted molar refractivity (Wildman–Crippen MR) is 81.1 cm³/mol. The molecular weight excluding hydrogens is 367 g/mol. The summed E-state index contributed by atoms with van der Waals surface area (Å²) < 4.78 is 45.7. The fourth-order valence-corrected chi connectivity index (χ4v) is 2.12. The Bertz CT molecular complexity index is 892. The molecule has 25 heavy (non-hydrogen) atoms. The fourth-order valence-electron chi connectivity index (χ4n) is 1.94. The van der Waals surface area contributed by atoms with Gasteiger partial charge in [0.05, 0.1) is 5.02 Å². The van der Waals surface area contributed by atoms with Gasteiger partial charge >= 0.3 is 18.2 Å². The molecule has 0 saturated carbocycles. The SMILES string of the molecule is Cc1nn(-c2cc(OC(C)(C)C(=O)O)c(Cl)cc2F)c(=O)n1C(F)F. The first-order valence-electron chi connectivity index (χ1n) is 6.84. The lowest BCUT2D eigenvalue weighted by atomic mass is 10.1. The minimum Gasteiger partial charge on any atom is -0.478 e. The topological polar surface area (TPSA) is 86.4 Å². The molecule has 7 nitrogen and oxygen atoms in total. The van der Waals surface area contributed by atoms with Crippen LogP contribution in [-0.2, 0) is 4.79 Å². The lowest BCUT2D eigenvalue weighted by Crippen LogP contribution is -2.38. The van der Waals surface area contributed by atoms with Gasteiger partial charge in [-0.2, -0.15) is 13.5 Å². The Morgan fingerprint density at radius 1 is 1.40 bits per heavy atom. The molecule has 1 heterocycles. The number of hydrogen-bond acceptors (Lipinski definition) is 4. The number of aryl methyl sites for hydroxylation is 1. The molecule has 2 aromatic rings. The van der Waals surface area contributed by atoms with E-state index in [0.717, 1.165) is 19.1 Å². The maximum Gasteiger partial charge on any atom is 0.355 e. The zero-order chi connectivity index (χ0) is 19.1. The van der Waals surface area contributed by atoms with Crippen molar-refractivity contribution in [2.45, 2.75) is 32.9 Å². The van der Waals surface area contributed by atoms with Crippen molar-refractivity contribution in [3.63, 3.8) is 0 Å². The standard InChI is InChI=1S/C14H13ClF3N3O4/c1-6-19-21(13(24)20(6)12(17)18)9-5-10(7(15)4-8(9)16)25-14(2,3)11(22)23/h4-5,12H,1-3H3,(H,22,23). The van der Waals surface area contributed by atoms with Gasteiger partial charge in [-0.25, -0.2) is 18.5 Å². The smallest absolute Gasteiger partial charge is 0.355 e. The first-order valence-corrected chi connectivity index (χ1v) is 7.21. The molecule has 1 aromatic carbocycles. The van der Waals surface area contributed by atoms with Crippen LogP contribution in [0.1, 0.15) is 26.2 Å². The van der Waals surface area contributed by atoms with Gasteiger partial charge in [0.15, 0.2) is 11.4 Å². The fraction of sp³-hybridized carbons (Fsp3) is 0.357. The Hall–Kier alpha value is -2.49. The van der Waals surface area contributed by atoms with Crippen LogP contribution in [0, 0.1) is 12.7 Å². The number of aromatic nitrogens is 3. The molecule has 0 bridgehead atoms. The van der Waals surface area contributed by atoms with Gasteiger partial charge in [-0.05, 0) is 26.8 Å². The van der Waals surface area contributed by atoms with Gasteiger partial charge in [-0.1, -0.05) is 11.6 Å². The Morgan fingerprint density at radius 2 is 2.00 bits per heavy atom. The van der Waals surface area contributed by atoms with Crippen molar-refractivity contribution in [3.8, 4) is 11.4 Å². The normalized spacial score (nSPS) is 11.8. The van der Waals surface area contributed by atoms with Crippen LogP contribution in [0.25, 0.3) is 5.69 Å². The van der Waals surface area contributed by atoms with Crippen molar-refractivity contribution in [1.29, 1.82) is 0 Å². The van der Waals surface area contributed by atoms with E-state index in [-0.39, 0.29) is 21.2 Å². The van der Waals surface area contributed by atoms with E-state index < -0.39 is 35.3 Å². The maximum atomic E-state index is 14.2. The summed E-state index contributed by atoms with van der Waals surface area (Å²) in [6.45, 7) is 0.467. The minimum absolute atomic E-state index is 0.0791. The molecule has 2 rings (SSSR count). The highest BCUT2D eigenvalue weighted by molar-refractivity contribution is 6.32. The summed E-state index contributed by atoms with van der Waals surface area (Å²) in [5.74, 6) is -2.92. The number of hydrogen-bond donors (Lipinski definition) is 1. The van der Waals surface area contributed by atoms with Crippen molar-refractivity contribution in [2.75, 3.05) is 0 Å². The van der Waals surface area contributed by atoms with Gasteiger partial charge in [0.2, 0.25) is 0 Å². The van der Waals surface area contributed by atoms with E-state index in [9.17, 15) is 22.8 Å². The van der Waals surface area contributed by atoms with Crippen LogP contribution in [0.15, 0.2) is 16.9 Å². The van der Waals surface area contributed by atoms with E-state index in [2.05, 4.69) is 5.10 Å². The van der Waals surface area contributed by atoms with Crippen molar-refractivity contribution < 1.29 is 27.8 Å². The van der Waals surface area contributed by atoms with E-state index in [1.807, 2.05) is 0 Å². The molecular formula is C14H13ClF3N3O4. The largest absolute Gasteiger partial charge is 0.478 e. The summed E-state index contributed by atoms with van der Waals surface area (Å²) >= 11 is 5.84. The van der Waals surface area contributed by atoms with Crippen LogP contribution in [0.5, 0.6) is 5.75 Å². The number of carboxylic acid groups (broad SMARTS) is 1. The van der Waals surface area contributed by atoms with Gasteiger partial charge in [-0.15, -0.1) is 5.10 Å². The third-order valence-electron chi connectivity index (χ3n) is 3.29. The zero-order valence-corrected chi connectivity index (χ0v) is 14.0. The van der Waals surface area contributed by atoms with Crippen molar-refractivity contribution >= 4 is 17.6 Å². The Labute approximate surface area is 144 Å². The highest BCUT2D eigenvalue weighted by atomic mass is 35.5. The third-order valence-corrected chi connectivity index (χ3v) is 3.58. The van der Waals surface area contributed by atoms with Crippen LogP contribution < -0.4 is 10.4 Å². The molecule has 0 fully saturated rings. The van der Waals surface area contributed by atoms with Gasteiger partial charge in [-0.3, -0.25) is 0 Å². The van der Waals surface area contributed by atoms with Crippen LogP contribution in [0.4, 0.5) is 13.2 Å². The number of rotatable bonds is 5. The van der Waals surface area contributed by atoms with Gasteiger partial charge < -0.3 is 9.84 Å². The zero-order valence-electron chi connectivity index (χ0n) is 13.3. The number of alkyl halides is 2. The second kappa shape index (κ2) is 6.43. The van der Waals surface area contributed by atoms with E-state index >= 15 is 0 Å². The third kappa shape index (κ3) is 3.48. The van der Waals surface area contributed by atoms with Crippen LogP contribution >= 0.6 is 11.6 Å². The summed E-state index contributed by atoms with van der Waals surface area (Å²) in [4.78, 5) is 23.2. The molecule has 0 atom stereocenters. The molecule has 0 aliphatic rings. The van der Waals surface area contributed by atoms with Gasteiger partial charge in [0.1, 0.15) is 17.3 Å². The van der Waals surface area contributed by atoms with Crippen molar-refractivity contribution in [1.82, 2.24) is 14.3 Å². The first-order chi connectivity index (χ1) is 11.5. The van der Waals surface area contributed by atoms with Gasteiger partial charge in [0.25, 0.3) is 0 Å². The first kappa shape index (κ1) is 18.8. The molecule has 0 spiro atoms. The lowest BCUT2D eigenvalue weighted by molar-refractivity contribution is -0.152. The van der Waals surface area contributed by atoms with E-state index in [0.29, 0.717) is 4.68 Å². The summed E-state index contributed by atoms with van der Waals surface area (Å²) in [6.07, 6.45) is 0. The number of carbonyl (C=O) groups is 1. The van der Waals surface area contributed by atoms with Gasteiger partial charge in [0, 0.05) is 6.07 Å². The number of ether oxygens (including phenoxy) is 1. The number of carboxylic acids is 1. The molecule has 1 N–H and O–H groups in total. The predicted octanol–water partition coefficient (Wildman–Crippen LogP) is 2.77. The average molecular weight is 380 g/mol. The summed E-state index contributed by atoms with van der Waals surface area (Å²) in [5.41, 5.74) is -3.48. The summed E-state index contributed by atoms with van der Waals surface area (Å²) in [5, 5.41) is 12.4. The molecule has 1 aromatic heterocycles. The minimum atomic E-state index is -3.15. The molecule has 136 valence electrons. The number of halogens is 4. The Kier molecular flexibility index (Phi) is 4.85. The van der Waals surface area contributed by atoms with Crippen LogP contribution in [0.3, 0.4) is 0 Å². The van der Waals surface area contributed by atoms with Crippen molar-refractivity contribution in [2.24, 2.45) is 0 Å². The highest BCUT2D eigenvalue weighted by Crippen LogP contribution is 2.32. The summed E-state index contributed by atoms with van der Waals surface area (Å²) in [7, 11) is 0. The van der Waals surface area contributed by atoms with E-state index in [1.165, 1.54) is 13.8 Å². The number of benzene rings is 1. The van der Waals surface area contributed by atoms with Crippen LogP contribution in [0.2, 0.25) is 5.02 Å². The summed E-state index contributed by atoms with van der Waals surface area (Å²) in [6, 6.07) is 1.69. The highest BCUT2D eigenvalue weighted by Gasteiger charge is 2.31. The average Bonchev–Trinajstić information content (AvgIpc) is 2.76. The maximum absolute atomic E-state index is 14.2. The lowest BCUT2D eigenvalue weighted by Gasteiger charge is -2.22. The monoisotopic (exact) mass is 379 g/mol. The number of aliphatic carboxylic acids is 1. The molecule has 0 unspecified atom stereocenters. The second-order valence-corrected chi connectivity index (χ2v) is 5.95. The molecule has 0 aliphatic heterocycles. The van der Waals surface area contributed by atoms with E-state index in [1.54, 1.807) is 0 Å². The quantitative estimate of drug-likeness (QED) is 0.863. The molecule has 11 heteroatoms. The molecule has 0 aliphatic carbocycles. The molecule has 0 saturated heterocycles. The number of nitrogens with zero attached hydrogens (tertiary/aromatic N) is 3. The van der Waals surface area contributed by atoms with E-state index in [4.69, 9.17) is 21.4 Å². The van der Waals surface area contributed by atoms with Crippen molar-refractivity contribution in [3.05, 3.63) is 39.3 Å². The Morgan fingerprint density at radius 3 is 2.48 bits per heavy atom. The van der Waals surface area contributed by atoms with Crippen LogP contribution in [-0.4, -0.2) is 31.0 Å². The second-order valence-electron chi connectivity index (χ2n) is 5.54. The Balaban J connectivity index is 2.61. The molecule has 0 amide bonds. The molecule has 0 radical (unpaired) electrons.